The minimum Gasteiger partial charge on any atom is -0.451 e. The van der Waals surface area contributed by atoms with Gasteiger partial charge in [-0.1, -0.05) is 15.9 Å². The van der Waals surface area contributed by atoms with E-state index in [-0.39, 0.29) is 22.9 Å². The number of nitrogens with one attached hydrogen (secondary N) is 1. The van der Waals surface area contributed by atoms with Gasteiger partial charge in [0.2, 0.25) is 0 Å². The van der Waals surface area contributed by atoms with E-state index < -0.39 is 11.6 Å². The van der Waals surface area contributed by atoms with Crippen molar-refractivity contribution in [3.63, 3.8) is 0 Å². The van der Waals surface area contributed by atoms with Crippen molar-refractivity contribution in [3.05, 3.63) is 58.1 Å². The highest BCUT2D eigenvalue weighted by molar-refractivity contribution is 9.10. The van der Waals surface area contributed by atoms with Gasteiger partial charge in [0.1, 0.15) is 5.84 Å². The molecule has 0 spiro atoms. The summed E-state index contributed by atoms with van der Waals surface area (Å²) in [5.41, 5.74) is 5.47. The number of rotatable bonds is 3. The lowest BCUT2D eigenvalue weighted by atomic mass is 10.2. The molecule has 0 unspecified atom stereocenters. The molecule has 6 heteroatoms. The smallest absolute Gasteiger partial charge is 0.166 e. The summed E-state index contributed by atoms with van der Waals surface area (Å²) in [6, 6.07) is 7.98. The van der Waals surface area contributed by atoms with E-state index >= 15 is 0 Å². The Bertz CT molecular complexity index is 647. The summed E-state index contributed by atoms with van der Waals surface area (Å²) < 4.78 is 32.9. The summed E-state index contributed by atoms with van der Waals surface area (Å²) in [6.07, 6.45) is 0. The second-order valence-corrected chi connectivity index (χ2v) is 4.65. The summed E-state index contributed by atoms with van der Waals surface area (Å²) in [5, 5.41) is 7.19. The quantitative estimate of drug-likeness (QED) is 0.665. The summed E-state index contributed by atoms with van der Waals surface area (Å²) in [7, 11) is 0. The zero-order valence-corrected chi connectivity index (χ0v) is 11.2. The molecule has 2 aromatic carbocycles. The van der Waals surface area contributed by atoms with Crippen molar-refractivity contribution in [2.24, 2.45) is 5.73 Å². The van der Waals surface area contributed by atoms with Crippen LogP contribution in [0.2, 0.25) is 0 Å². The van der Waals surface area contributed by atoms with Crippen molar-refractivity contribution < 1.29 is 13.5 Å². The lowest BCUT2D eigenvalue weighted by Crippen LogP contribution is -2.11. The van der Waals surface area contributed by atoms with Crippen LogP contribution in [0.5, 0.6) is 11.5 Å². The van der Waals surface area contributed by atoms with E-state index in [0.717, 1.165) is 6.07 Å². The van der Waals surface area contributed by atoms with Crippen LogP contribution >= 0.6 is 15.9 Å². The largest absolute Gasteiger partial charge is 0.451 e. The third-order valence-electron chi connectivity index (χ3n) is 2.36. The first-order chi connectivity index (χ1) is 8.97. The monoisotopic (exact) mass is 326 g/mol. The van der Waals surface area contributed by atoms with Gasteiger partial charge in [0, 0.05) is 10.0 Å². The fourth-order valence-corrected chi connectivity index (χ4v) is 1.76. The lowest BCUT2D eigenvalue weighted by molar-refractivity contribution is 0.414. The van der Waals surface area contributed by atoms with E-state index in [4.69, 9.17) is 15.9 Å². The number of nitrogens with two attached hydrogens (primary N) is 1. The van der Waals surface area contributed by atoms with Gasteiger partial charge >= 0.3 is 0 Å². The molecule has 19 heavy (non-hydrogen) atoms. The molecule has 0 aliphatic carbocycles. The second-order valence-electron chi connectivity index (χ2n) is 3.74. The Morgan fingerprint density at radius 3 is 2.16 bits per heavy atom. The zero-order chi connectivity index (χ0) is 14.0. The summed E-state index contributed by atoms with van der Waals surface area (Å²) in [5.74, 6) is -1.79. The molecule has 2 aromatic rings. The Morgan fingerprint density at radius 1 is 1.05 bits per heavy atom. The Labute approximate surface area is 116 Å². The number of amidine groups is 1. The van der Waals surface area contributed by atoms with Crippen LogP contribution in [0.1, 0.15) is 5.56 Å². The SMILES string of the molecule is N=C(N)c1ccc(Oc2ccc(Br)cc2F)c(F)c1. The predicted octanol–water partition coefficient (Wildman–Crippen LogP) is 3.80. The van der Waals surface area contributed by atoms with Crippen LogP contribution in [0.4, 0.5) is 8.78 Å². The molecule has 0 aliphatic heterocycles. The van der Waals surface area contributed by atoms with Crippen LogP contribution in [-0.2, 0) is 0 Å². The first-order valence-electron chi connectivity index (χ1n) is 5.24. The minimum absolute atomic E-state index is 0.0855. The van der Waals surface area contributed by atoms with Gasteiger partial charge < -0.3 is 10.5 Å². The maximum Gasteiger partial charge on any atom is 0.166 e. The van der Waals surface area contributed by atoms with Crippen LogP contribution in [0, 0.1) is 17.0 Å². The molecular formula is C13H9BrF2N2O. The second kappa shape index (κ2) is 5.36. The van der Waals surface area contributed by atoms with Gasteiger partial charge in [-0.25, -0.2) is 8.78 Å². The van der Waals surface area contributed by atoms with Crippen LogP contribution in [0.25, 0.3) is 0 Å². The van der Waals surface area contributed by atoms with E-state index in [9.17, 15) is 8.78 Å². The van der Waals surface area contributed by atoms with Crippen molar-refractivity contribution in [3.8, 4) is 11.5 Å². The van der Waals surface area contributed by atoms with Crippen LogP contribution in [-0.4, -0.2) is 5.84 Å². The summed E-state index contributed by atoms with van der Waals surface area (Å²) >= 11 is 3.11. The highest BCUT2D eigenvalue weighted by Gasteiger charge is 2.10. The van der Waals surface area contributed by atoms with E-state index in [1.165, 1.54) is 24.3 Å². The Morgan fingerprint density at radius 2 is 1.63 bits per heavy atom. The summed E-state index contributed by atoms with van der Waals surface area (Å²) in [6.45, 7) is 0. The summed E-state index contributed by atoms with van der Waals surface area (Å²) in [4.78, 5) is 0. The maximum atomic E-state index is 13.7. The predicted molar refractivity (Wildman–Crippen MR) is 71.6 cm³/mol. The van der Waals surface area contributed by atoms with Crippen molar-refractivity contribution in [2.75, 3.05) is 0 Å². The highest BCUT2D eigenvalue weighted by Crippen LogP contribution is 2.28. The first kappa shape index (κ1) is 13.5. The molecule has 0 aliphatic rings. The zero-order valence-electron chi connectivity index (χ0n) is 9.58. The van der Waals surface area contributed by atoms with Crippen molar-refractivity contribution >= 4 is 21.8 Å². The van der Waals surface area contributed by atoms with Crippen molar-refractivity contribution in [1.82, 2.24) is 0 Å². The molecule has 0 aromatic heterocycles. The molecule has 0 bridgehead atoms. The topological polar surface area (TPSA) is 59.1 Å². The molecule has 0 amide bonds. The van der Waals surface area contributed by atoms with Gasteiger partial charge in [0.15, 0.2) is 23.1 Å². The van der Waals surface area contributed by atoms with Gasteiger partial charge in [0.05, 0.1) is 0 Å². The number of nitrogen functional groups attached to an aromatic ring is 1. The third-order valence-corrected chi connectivity index (χ3v) is 2.85. The molecule has 0 atom stereocenters. The average Bonchev–Trinajstić information content (AvgIpc) is 2.34. The number of ether oxygens (including phenoxy) is 1. The number of hydrogen-bond acceptors (Lipinski definition) is 2. The molecule has 3 N–H and O–H groups in total. The Kier molecular flexibility index (Phi) is 3.80. The fraction of sp³-hybridized carbons (Fsp3) is 0. The van der Waals surface area contributed by atoms with Gasteiger partial charge in [-0.2, -0.15) is 0 Å². The number of halogens is 3. The van der Waals surface area contributed by atoms with Gasteiger partial charge in [-0.15, -0.1) is 0 Å². The van der Waals surface area contributed by atoms with Gasteiger partial charge in [-0.3, -0.25) is 5.41 Å². The molecule has 0 heterocycles. The molecular weight excluding hydrogens is 318 g/mol. The normalized spacial score (nSPS) is 10.3. The van der Waals surface area contributed by atoms with E-state index in [0.29, 0.717) is 4.47 Å². The van der Waals surface area contributed by atoms with Crippen LogP contribution < -0.4 is 10.5 Å². The molecule has 98 valence electrons. The van der Waals surface area contributed by atoms with E-state index in [1.807, 2.05) is 0 Å². The van der Waals surface area contributed by atoms with Gasteiger partial charge in [0.25, 0.3) is 0 Å². The number of benzene rings is 2. The van der Waals surface area contributed by atoms with Crippen LogP contribution in [0.15, 0.2) is 40.9 Å². The van der Waals surface area contributed by atoms with Crippen LogP contribution in [0.3, 0.4) is 0 Å². The Hall–Kier alpha value is -1.95. The van der Waals surface area contributed by atoms with E-state index in [2.05, 4.69) is 15.9 Å². The standard InChI is InChI=1S/C13H9BrF2N2O/c14-8-2-4-12(10(16)6-8)19-11-3-1-7(13(17)18)5-9(11)15/h1-6H,(H3,17,18). The average molecular weight is 327 g/mol. The molecule has 0 radical (unpaired) electrons. The molecule has 0 fully saturated rings. The fourth-order valence-electron chi connectivity index (χ4n) is 1.43. The molecule has 0 saturated carbocycles. The van der Waals surface area contributed by atoms with Gasteiger partial charge in [-0.05, 0) is 36.4 Å². The molecule has 3 nitrogen and oxygen atoms in total. The third kappa shape index (κ3) is 3.08. The van der Waals surface area contributed by atoms with E-state index in [1.54, 1.807) is 6.07 Å². The van der Waals surface area contributed by atoms with Crippen molar-refractivity contribution in [2.45, 2.75) is 0 Å². The molecule has 2 rings (SSSR count). The lowest BCUT2D eigenvalue weighted by Gasteiger charge is -2.09. The Balaban J connectivity index is 2.31. The first-order valence-corrected chi connectivity index (χ1v) is 6.03. The molecule has 0 saturated heterocycles. The highest BCUT2D eigenvalue weighted by atomic mass is 79.9. The maximum absolute atomic E-state index is 13.7. The number of hydrogen-bond donors (Lipinski definition) is 2. The minimum atomic E-state index is -0.713. The van der Waals surface area contributed by atoms with Crippen molar-refractivity contribution in [1.29, 1.82) is 5.41 Å².